The van der Waals surface area contributed by atoms with Crippen molar-refractivity contribution >= 4 is 12.0 Å². The van der Waals surface area contributed by atoms with Crippen molar-refractivity contribution in [2.45, 2.75) is 12.6 Å². The molecule has 1 rings (SSSR count). The highest BCUT2D eigenvalue weighted by atomic mass is 16.5. The molecular weight excluding hydrogens is 218 g/mol. The number of rotatable bonds is 5. The van der Waals surface area contributed by atoms with Crippen LogP contribution < -0.4 is 10.6 Å². The van der Waals surface area contributed by atoms with Crippen LogP contribution in [0.4, 0.5) is 4.79 Å². The molecule has 1 heterocycles. The predicted molar refractivity (Wildman–Crippen MR) is 50.4 cm³/mol. The van der Waals surface area contributed by atoms with E-state index in [9.17, 15) is 9.59 Å². The number of nitrogens with one attached hydrogen (secondary N) is 2. The lowest BCUT2D eigenvalue weighted by Gasteiger charge is -2.08. The van der Waals surface area contributed by atoms with Gasteiger partial charge in [-0.3, -0.25) is 0 Å². The highest BCUT2D eigenvalue weighted by Gasteiger charge is 2.13. The summed E-state index contributed by atoms with van der Waals surface area (Å²) in [6.07, 6.45) is -0.181. The van der Waals surface area contributed by atoms with Crippen LogP contribution in [0.2, 0.25) is 0 Å². The molecule has 1 atom stereocenters. The number of amides is 2. The number of carboxylic acids is 1. The van der Waals surface area contributed by atoms with Gasteiger partial charge < -0.3 is 25.4 Å². The molecule has 1 aromatic rings. The van der Waals surface area contributed by atoms with E-state index in [0.29, 0.717) is 5.76 Å². The van der Waals surface area contributed by atoms with E-state index in [2.05, 4.69) is 15.8 Å². The minimum absolute atomic E-state index is 0.134. The van der Waals surface area contributed by atoms with Crippen molar-refractivity contribution in [3.8, 4) is 0 Å². The largest absolute Gasteiger partial charge is 0.479 e. The molecule has 0 spiro atoms. The molecule has 0 saturated carbocycles. The predicted octanol–water partition coefficient (Wildman–Crippen LogP) is -1.08. The Morgan fingerprint density at radius 2 is 2.25 bits per heavy atom. The number of aliphatic hydroxyl groups excluding tert-OH is 1. The van der Waals surface area contributed by atoms with Crippen molar-refractivity contribution in [2.24, 2.45) is 0 Å². The van der Waals surface area contributed by atoms with Crippen LogP contribution >= 0.6 is 0 Å². The molecule has 8 nitrogen and oxygen atoms in total. The Morgan fingerprint density at radius 1 is 1.50 bits per heavy atom. The summed E-state index contributed by atoms with van der Waals surface area (Å²) in [4.78, 5) is 21.3. The summed E-state index contributed by atoms with van der Waals surface area (Å²) < 4.78 is 4.71. The number of carboxylic acid groups (broad SMARTS) is 1. The summed E-state index contributed by atoms with van der Waals surface area (Å²) in [5.74, 6) is -0.926. The average molecular weight is 229 g/mol. The van der Waals surface area contributed by atoms with Gasteiger partial charge in [0.15, 0.2) is 11.9 Å². The molecule has 1 aromatic heterocycles. The van der Waals surface area contributed by atoms with E-state index in [0.717, 1.165) is 0 Å². The summed E-state index contributed by atoms with van der Waals surface area (Å²) in [5.41, 5.74) is 0. The second-order valence-electron chi connectivity index (χ2n) is 2.90. The Bertz CT molecular complexity index is 351. The Labute approximate surface area is 90.2 Å². The van der Waals surface area contributed by atoms with Crippen molar-refractivity contribution in [3.05, 3.63) is 18.0 Å². The minimum Gasteiger partial charge on any atom is -0.479 e. The van der Waals surface area contributed by atoms with Crippen LogP contribution in [0.1, 0.15) is 5.76 Å². The third-order valence-corrected chi connectivity index (χ3v) is 1.66. The molecule has 0 aliphatic heterocycles. The van der Waals surface area contributed by atoms with Crippen molar-refractivity contribution in [2.75, 3.05) is 6.54 Å². The number of hydrogen-bond acceptors (Lipinski definition) is 5. The maximum absolute atomic E-state index is 11.1. The number of carbonyl (C=O) groups excluding carboxylic acids is 1. The molecule has 0 saturated heterocycles. The SMILES string of the molecule is O=C(NCc1ccno1)NCC(O)C(=O)O. The molecule has 8 heteroatoms. The van der Waals surface area contributed by atoms with Crippen LogP contribution in [-0.4, -0.2) is 40.0 Å². The fourth-order valence-corrected chi connectivity index (χ4v) is 0.840. The highest BCUT2D eigenvalue weighted by Crippen LogP contribution is 1.94. The molecule has 0 radical (unpaired) electrons. The van der Waals surface area contributed by atoms with Crippen LogP contribution in [-0.2, 0) is 11.3 Å². The summed E-state index contributed by atoms with van der Waals surface area (Å²) in [5, 5.41) is 25.2. The van der Waals surface area contributed by atoms with Crippen molar-refractivity contribution in [3.63, 3.8) is 0 Å². The molecule has 1 unspecified atom stereocenters. The Morgan fingerprint density at radius 3 is 2.81 bits per heavy atom. The van der Waals surface area contributed by atoms with Crippen LogP contribution in [0, 0.1) is 0 Å². The molecular formula is C8H11N3O5. The van der Waals surface area contributed by atoms with E-state index in [1.807, 2.05) is 0 Å². The number of aliphatic carboxylic acids is 1. The smallest absolute Gasteiger partial charge is 0.334 e. The maximum Gasteiger partial charge on any atom is 0.334 e. The first-order valence-electron chi connectivity index (χ1n) is 4.41. The quantitative estimate of drug-likeness (QED) is 0.509. The summed E-state index contributed by atoms with van der Waals surface area (Å²) in [6.45, 7) is -0.230. The summed E-state index contributed by atoms with van der Waals surface area (Å²) in [7, 11) is 0. The van der Waals surface area contributed by atoms with Crippen molar-refractivity contribution in [1.82, 2.24) is 15.8 Å². The number of hydrogen-bond donors (Lipinski definition) is 4. The zero-order valence-electron chi connectivity index (χ0n) is 8.21. The van der Waals surface area contributed by atoms with Gasteiger partial charge in [-0.2, -0.15) is 0 Å². The highest BCUT2D eigenvalue weighted by molar-refractivity contribution is 5.76. The van der Waals surface area contributed by atoms with Gasteiger partial charge in [0, 0.05) is 6.07 Å². The molecule has 2 amide bonds. The van der Waals surface area contributed by atoms with Crippen LogP contribution in [0.25, 0.3) is 0 Å². The van der Waals surface area contributed by atoms with Gasteiger partial charge in [0.1, 0.15) is 0 Å². The average Bonchev–Trinajstić information content (AvgIpc) is 2.75. The Hall–Kier alpha value is -2.09. The van der Waals surface area contributed by atoms with E-state index < -0.39 is 18.1 Å². The lowest BCUT2D eigenvalue weighted by Crippen LogP contribution is -2.41. The van der Waals surface area contributed by atoms with Crippen LogP contribution in [0.15, 0.2) is 16.8 Å². The molecule has 0 bridgehead atoms. The molecule has 0 aromatic carbocycles. The monoisotopic (exact) mass is 229 g/mol. The topological polar surface area (TPSA) is 125 Å². The second kappa shape index (κ2) is 5.71. The molecule has 0 aliphatic carbocycles. The fraction of sp³-hybridized carbons (Fsp3) is 0.375. The molecule has 16 heavy (non-hydrogen) atoms. The number of nitrogens with zero attached hydrogens (tertiary/aromatic N) is 1. The van der Waals surface area contributed by atoms with Crippen molar-refractivity contribution in [1.29, 1.82) is 0 Å². The summed E-state index contributed by atoms with van der Waals surface area (Å²) >= 11 is 0. The number of aromatic nitrogens is 1. The number of carbonyl (C=O) groups is 2. The summed E-state index contributed by atoms with van der Waals surface area (Å²) in [6, 6.07) is 0.975. The van der Waals surface area contributed by atoms with E-state index in [4.69, 9.17) is 14.7 Å². The molecule has 0 aliphatic rings. The van der Waals surface area contributed by atoms with Gasteiger partial charge in [-0.1, -0.05) is 5.16 Å². The van der Waals surface area contributed by atoms with E-state index >= 15 is 0 Å². The van der Waals surface area contributed by atoms with Crippen LogP contribution in [0.5, 0.6) is 0 Å². The van der Waals surface area contributed by atoms with Gasteiger partial charge in [-0.25, -0.2) is 9.59 Å². The zero-order chi connectivity index (χ0) is 12.0. The van der Waals surface area contributed by atoms with E-state index in [1.54, 1.807) is 6.07 Å². The van der Waals surface area contributed by atoms with Gasteiger partial charge in [0.05, 0.1) is 19.3 Å². The third kappa shape index (κ3) is 3.96. The normalized spacial score (nSPS) is 11.8. The lowest BCUT2D eigenvalue weighted by atomic mass is 10.3. The maximum atomic E-state index is 11.1. The first-order valence-corrected chi connectivity index (χ1v) is 4.41. The van der Waals surface area contributed by atoms with Gasteiger partial charge in [0.25, 0.3) is 0 Å². The lowest BCUT2D eigenvalue weighted by molar-refractivity contribution is -0.146. The standard InChI is InChI=1S/C8H11N3O5/c12-6(7(13)14)4-10-8(15)9-3-5-1-2-11-16-5/h1-2,6,12H,3-4H2,(H,13,14)(H2,9,10,15). The van der Waals surface area contributed by atoms with Crippen LogP contribution in [0.3, 0.4) is 0 Å². The molecule has 88 valence electrons. The van der Waals surface area contributed by atoms with E-state index in [1.165, 1.54) is 6.20 Å². The minimum atomic E-state index is -1.61. The Kier molecular flexibility index (Phi) is 4.28. The van der Waals surface area contributed by atoms with E-state index in [-0.39, 0.29) is 13.1 Å². The zero-order valence-corrected chi connectivity index (χ0v) is 8.21. The van der Waals surface area contributed by atoms with Gasteiger partial charge in [-0.05, 0) is 0 Å². The second-order valence-corrected chi connectivity index (χ2v) is 2.90. The number of urea groups is 1. The van der Waals surface area contributed by atoms with Gasteiger partial charge >= 0.3 is 12.0 Å². The fourth-order valence-electron chi connectivity index (χ4n) is 0.840. The van der Waals surface area contributed by atoms with Gasteiger partial charge in [0.2, 0.25) is 0 Å². The Balaban J connectivity index is 2.19. The number of aliphatic hydroxyl groups is 1. The molecule has 0 fully saturated rings. The van der Waals surface area contributed by atoms with Gasteiger partial charge in [-0.15, -0.1) is 0 Å². The van der Waals surface area contributed by atoms with Crippen molar-refractivity contribution < 1.29 is 24.3 Å². The third-order valence-electron chi connectivity index (χ3n) is 1.66. The molecule has 4 N–H and O–H groups in total. The first-order chi connectivity index (χ1) is 7.59. The first kappa shape index (κ1) is 12.0.